The first-order chi connectivity index (χ1) is 10.6. The van der Waals surface area contributed by atoms with Crippen molar-refractivity contribution in [1.82, 2.24) is 4.98 Å². The molecule has 0 spiro atoms. The number of benzene rings is 3. The van der Waals surface area contributed by atoms with Crippen LogP contribution in [0.1, 0.15) is 18.4 Å². The molecule has 108 valence electrons. The lowest BCUT2D eigenvalue weighted by Gasteiger charge is -2.20. The lowest BCUT2D eigenvalue weighted by Crippen LogP contribution is -2.23. The Balaban J connectivity index is 1.86. The molecule has 1 aromatic heterocycles. The lowest BCUT2D eigenvalue weighted by atomic mass is 9.93. The average Bonchev–Trinajstić information content (AvgIpc) is 2.99. The number of hydrogen-bond acceptors (Lipinski definition) is 3. The summed E-state index contributed by atoms with van der Waals surface area (Å²) in [5.74, 6) is 0.309. The Morgan fingerprint density at radius 2 is 1.64 bits per heavy atom. The zero-order chi connectivity index (χ0) is 15.2. The van der Waals surface area contributed by atoms with E-state index in [9.17, 15) is 5.11 Å². The van der Waals surface area contributed by atoms with Crippen LogP contribution < -0.4 is 0 Å². The van der Waals surface area contributed by atoms with E-state index in [4.69, 9.17) is 4.42 Å². The van der Waals surface area contributed by atoms with E-state index < -0.39 is 5.60 Å². The number of fused-ring (bicyclic) bond motifs is 2. The zero-order valence-electron chi connectivity index (χ0n) is 12.2. The van der Waals surface area contributed by atoms with Crippen LogP contribution in [0.3, 0.4) is 0 Å². The van der Waals surface area contributed by atoms with Crippen molar-refractivity contribution in [2.75, 3.05) is 0 Å². The van der Waals surface area contributed by atoms with Crippen LogP contribution in [0.5, 0.6) is 0 Å². The predicted octanol–water partition coefficient (Wildman–Crippen LogP) is 4.24. The van der Waals surface area contributed by atoms with Gasteiger partial charge in [0.25, 0.3) is 0 Å². The van der Waals surface area contributed by atoms with Crippen molar-refractivity contribution in [2.24, 2.45) is 0 Å². The molecule has 1 heterocycles. The molecule has 3 heteroatoms. The van der Waals surface area contributed by atoms with Crippen molar-refractivity contribution in [1.29, 1.82) is 0 Å². The van der Waals surface area contributed by atoms with Crippen LogP contribution in [0.15, 0.2) is 71.1 Å². The Hall–Kier alpha value is -2.65. The first kappa shape index (κ1) is 13.0. The standard InChI is InChI=1S/C19H15NO2/c1-19(21,18-20-16-8-4-5-9-17(16)22-18)15-11-10-13-6-2-3-7-14(13)12-15/h2-12,21H,1H3/t19-/m1/s1. The van der Waals surface area contributed by atoms with E-state index in [0.717, 1.165) is 21.9 Å². The molecule has 1 N–H and O–H groups in total. The topological polar surface area (TPSA) is 46.3 Å². The average molecular weight is 289 g/mol. The van der Waals surface area contributed by atoms with E-state index in [1.807, 2.05) is 66.7 Å². The molecule has 3 nitrogen and oxygen atoms in total. The van der Waals surface area contributed by atoms with Gasteiger partial charge in [-0.2, -0.15) is 0 Å². The largest absolute Gasteiger partial charge is 0.437 e. The summed E-state index contributed by atoms with van der Waals surface area (Å²) in [5, 5.41) is 13.2. The van der Waals surface area contributed by atoms with Crippen LogP contribution in [0, 0.1) is 0 Å². The third kappa shape index (κ3) is 1.98. The van der Waals surface area contributed by atoms with Crippen molar-refractivity contribution >= 4 is 21.9 Å². The highest BCUT2D eigenvalue weighted by Gasteiger charge is 2.31. The Labute approximate surface area is 127 Å². The Kier molecular flexibility index (Phi) is 2.78. The molecule has 0 fully saturated rings. The molecule has 0 bridgehead atoms. The van der Waals surface area contributed by atoms with Crippen LogP contribution in [0.2, 0.25) is 0 Å². The van der Waals surface area contributed by atoms with E-state index in [2.05, 4.69) is 4.98 Å². The van der Waals surface area contributed by atoms with E-state index in [-0.39, 0.29) is 0 Å². The number of aliphatic hydroxyl groups is 1. The van der Waals surface area contributed by atoms with Gasteiger partial charge in [-0.15, -0.1) is 0 Å². The van der Waals surface area contributed by atoms with E-state index >= 15 is 0 Å². The lowest BCUT2D eigenvalue weighted by molar-refractivity contribution is 0.0728. The van der Waals surface area contributed by atoms with Crippen LogP contribution in [0.4, 0.5) is 0 Å². The molecule has 4 rings (SSSR count). The normalized spacial score (nSPS) is 14.3. The van der Waals surface area contributed by atoms with Gasteiger partial charge in [0.2, 0.25) is 5.89 Å². The maximum absolute atomic E-state index is 11.0. The number of aromatic nitrogens is 1. The summed E-state index contributed by atoms with van der Waals surface area (Å²) in [4.78, 5) is 4.42. The van der Waals surface area contributed by atoms with Crippen LogP contribution >= 0.6 is 0 Å². The SMILES string of the molecule is C[C@@](O)(c1ccc2ccccc2c1)c1nc2ccccc2o1. The van der Waals surface area contributed by atoms with Gasteiger partial charge in [0, 0.05) is 0 Å². The number of rotatable bonds is 2. The molecule has 3 aromatic carbocycles. The maximum Gasteiger partial charge on any atom is 0.231 e. The molecule has 0 unspecified atom stereocenters. The van der Waals surface area contributed by atoms with E-state index in [1.54, 1.807) is 6.92 Å². The van der Waals surface area contributed by atoms with Gasteiger partial charge in [-0.3, -0.25) is 0 Å². The van der Waals surface area contributed by atoms with Gasteiger partial charge in [0.1, 0.15) is 5.52 Å². The zero-order valence-corrected chi connectivity index (χ0v) is 12.2. The fourth-order valence-corrected chi connectivity index (χ4v) is 2.70. The summed E-state index contributed by atoms with van der Waals surface area (Å²) in [6, 6.07) is 21.5. The van der Waals surface area contributed by atoms with Crippen molar-refractivity contribution < 1.29 is 9.52 Å². The highest BCUT2D eigenvalue weighted by Crippen LogP contribution is 2.32. The molecule has 22 heavy (non-hydrogen) atoms. The highest BCUT2D eigenvalue weighted by molar-refractivity contribution is 5.83. The smallest absolute Gasteiger partial charge is 0.231 e. The van der Waals surface area contributed by atoms with Crippen LogP contribution in [-0.2, 0) is 5.60 Å². The molecule has 0 saturated heterocycles. The van der Waals surface area contributed by atoms with Crippen LogP contribution in [-0.4, -0.2) is 10.1 Å². The second-order valence-corrected chi connectivity index (χ2v) is 5.62. The van der Waals surface area contributed by atoms with Gasteiger partial charge in [-0.05, 0) is 41.5 Å². The molecular weight excluding hydrogens is 274 g/mol. The highest BCUT2D eigenvalue weighted by atomic mass is 16.4. The molecule has 0 aliphatic carbocycles. The summed E-state index contributed by atoms with van der Waals surface area (Å²) in [7, 11) is 0. The number of nitrogens with zero attached hydrogens (tertiary/aromatic N) is 1. The van der Waals surface area contributed by atoms with Crippen LogP contribution in [0.25, 0.3) is 21.9 Å². The summed E-state index contributed by atoms with van der Waals surface area (Å²) in [6.45, 7) is 1.71. The number of hydrogen-bond donors (Lipinski definition) is 1. The number of para-hydroxylation sites is 2. The molecule has 0 saturated carbocycles. The minimum atomic E-state index is -1.27. The quantitative estimate of drug-likeness (QED) is 0.600. The summed E-state index contributed by atoms with van der Waals surface area (Å²) in [6.07, 6.45) is 0. The predicted molar refractivity (Wildman–Crippen MR) is 86.6 cm³/mol. The molecule has 1 atom stereocenters. The maximum atomic E-state index is 11.0. The Morgan fingerprint density at radius 1 is 0.909 bits per heavy atom. The first-order valence-electron chi connectivity index (χ1n) is 7.22. The molecule has 0 radical (unpaired) electrons. The van der Waals surface area contributed by atoms with Gasteiger partial charge >= 0.3 is 0 Å². The minimum Gasteiger partial charge on any atom is -0.437 e. The molecular formula is C19H15NO2. The van der Waals surface area contributed by atoms with Gasteiger partial charge in [-0.1, -0.05) is 48.5 Å². The fourth-order valence-electron chi connectivity index (χ4n) is 2.70. The van der Waals surface area contributed by atoms with Crippen molar-refractivity contribution in [3.8, 4) is 0 Å². The molecule has 0 amide bonds. The van der Waals surface area contributed by atoms with Gasteiger partial charge in [0.15, 0.2) is 11.2 Å². The van der Waals surface area contributed by atoms with Gasteiger partial charge in [-0.25, -0.2) is 4.98 Å². The third-order valence-corrected chi connectivity index (χ3v) is 4.02. The van der Waals surface area contributed by atoms with Gasteiger partial charge < -0.3 is 9.52 Å². The van der Waals surface area contributed by atoms with Crippen molar-refractivity contribution in [3.05, 3.63) is 78.2 Å². The molecule has 0 aliphatic rings. The minimum absolute atomic E-state index is 0.309. The summed E-state index contributed by atoms with van der Waals surface area (Å²) in [5.41, 5.74) is 0.915. The number of oxazole rings is 1. The van der Waals surface area contributed by atoms with E-state index in [0.29, 0.717) is 11.5 Å². The van der Waals surface area contributed by atoms with Crippen molar-refractivity contribution in [3.63, 3.8) is 0 Å². The van der Waals surface area contributed by atoms with Gasteiger partial charge in [0.05, 0.1) is 0 Å². The Bertz CT molecular complexity index is 936. The second kappa shape index (κ2) is 4.68. The summed E-state index contributed by atoms with van der Waals surface area (Å²) < 4.78 is 5.74. The molecule has 0 aliphatic heterocycles. The Morgan fingerprint density at radius 3 is 2.45 bits per heavy atom. The monoisotopic (exact) mass is 289 g/mol. The third-order valence-electron chi connectivity index (χ3n) is 4.02. The summed E-state index contributed by atoms with van der Waals surface area (Å²) >= 11 is 0. The molecule has 4 aromatic rings. The second-order valence-electron chi connectivity index (χ2n) is 5.62. The van der Waals surface area contributed by atoms with E-state index in [1.165, 1.54) is 0 Å². The van der Waals surface area contributed by atoms with Crippen molar-refractivity contribution in [2.45, 2.75) is 12.5 Å². The fraction of sp³-hybridized carbons (Fsp3) is 0.105. The first-order valence-corrected chi connectivity index (χ1v) is 7.22.